The van der Waals surface area contributed by atoms with Gasteiger partial charge in [-0.25, -0.2) is 5.11 Å². The van der Waals surface area contributed by atoms with Crippen molar-refractivity contribution in [3.63, 3.8) is 0 Å². The molecule has 1 heteroatoms. The lowest BCUT2D eigenvalue weighted by atomic mass is 9.89. The highest BCUT2D eigenvalue weighted by atomic mass is 16.3. The van der Waals surface area contributed by atoms with Crippen LogP contribution in [0.15, 0.2) is 30.3 Å². The molecule has 0 atom stereocenters. The smallest absolute Gasteiger partial charge is 0.128 e. The first-order chi connectivity index (χ1) is 5.73. The van der Waals surface area contributed by atoms with Gasteiger partial charge in [-0.3, -0.25) is 0 Å². The molecule has 65 valence electrons. The van der Waals surface area contributed by atoms with Crippen molar-refractivity contribution < 1.29 is 5.11 Å². The van der Waals surface area contributed by atoms with Gasteiger partial charge < -0.3 is 0 Å². The van der Waals surface area contributed by atoms with Crippen LogP contribution in [0.3, 0.4) is 0 Å². The third kappa shape index (κ3) is 1.67. The maximum absolute atomic E-state index is 12.0. The SMILES string of the molecule is CCC([O])(CC)c1ccccc1. The largest absolute Gasteiger partial charge is 0.224 e. The molecule has 0 amide bonds. The van der Waals surface area contributed by atoms with E-state index in [9.17, 15) is 5.11 Å². The third-order valence-corrected chi connectivity index (χ3v) is 2.44. The average Bonchev–Trinajstić information content (AvgIpc) is 2.18. The van der Waals surface area contributed by atoms with E-state index in [0.29, 0.717) is 12.8 Å². The summed E-state index contributed by atoms with van der Waals surface area (Å²) >= 11 is 0. The van der Waals surface area contributed by atoms with E-state index in [1.165, 1.54) is 0 Å². The average molecular weight is 163 g/mol. The Balaban J connectivity index is 2.95. The normalized spacial score (nSPS) is 11.6. The minimum atomic E-state index is -0.874. The fourth-order valence-electron chi connectivity index (χ4n) is 1.40. The number of hydrogen-bond acceptors (Lipinski definition) is 0. The maximum Gasteiger partial charge on any atom is 0.128 e. The lowest BCUT2D eigenvalue weighted by molar-refractivity contribution is -0.0420. The van der Waals surface area contributed by atoms with Crippen molar-refractivity contribution in [2.24, 2.45) is 0 Å². The lowest BCUT2D eigenvalue weighted by Gasteiger charge is -2.22. The van der Waals surface area contributed by atoms with Gasteiger partial charge >= 0.3 is 0 Å². The first-order valence-corrected chi connectivity index (χ1v) is 4.49. The number of rotatable bonds is 3. The molecule has 1 radical (unpaired) electrons. The van der Waals surface area contributed by atoms with E-state index >= 15 is 0 Å². The van der Waals surface area contributed by atoms with Crippen LogP contribution in [0.4, 0.5) is 0 Å². The molecule has 0 saturated carbocycles. The maximum atomic E-state index is 12.0. The molecule has 1 aromatic rings. The first-order valence-electron chi connectivity index (χ1n) is 4.49. The van der Waals surface area contributed by atoms with Crippen molar-refractivity contribution in [2.75, 3.05) is 0 Å². The van der Waals surface area contributed by atoms with E-state index in [1.807, 2.05) is 44.2 Å². The summed E-state index contributed by atoms with van der Waals surface area (Å²) in [6.45, 7) is 3.90. The van der Waals surface area contributed by atoms with Gasteiger partial charge in [-0.15, -0.1) is 0 Å². The summed E-state index contributed by atoms with van der Waals surface area (Å²) in [5.74, 6) is 0. The predicted octanol–water partition coefficient (Wildman–Crippen LogP) is 3.13. The van der Waals surface area contributed by atoms with E-state index in [0.717, 1.165) is 5.56 Å². The van der Waals surface area contributed by atoms with Gasteiger partial charge in [0.05, 0.1) is 0 Å². The molecule has 0 aliphatic rings. The van der Waals surface area contributed by atoms with Gasteiger partial charge in [-0.1, -0.05) is 44.2 Å². The van der Waals surface area contributed by atoms with Gasteiger partial charge in [0, 0.05) is 0 Å². The van der Waals surface area contributed by atoms with Gasteiger partial charge in [-0.05, 0) is 18.4 Å². The van der Waals surface area contributed by atoms with Crippen molar-refractivity contribution in [1.82, 2.24) is 0 Å². The Labute approximate surface area is 74.1 Å². The Morgan fingerprint density at radius 2 is 1.58 bits per heavy atom. The van der Waals surface area contributed by atoms with Gasteiger partial charge in [0.25, 0.3) is 0 Å². The highest BCUT2D eigenvalue weighted by molar-refractivity contribution is 5.21. The van der Waals surface area contributed by atoms with Gasteiger partial charge in [0.1, 0.15) is 5.60 Å². The minimum absolute atomic E-state index is 0.660. The van der Waals surface area contributed by atoms with Crippen molar-refractivity contribution in [3.05, 3.63) is 35.9 Å². The van der Waals surface area contributed by atoms with Crippen LogP contribution < -0.4 is 0 Å². The monoisotopic (exact) mass is 163 g/mol. The predicted molar refractivity (Wildman–Crippen MR) is 49.4 cm³/mol. The molecule has 0 fully saturated rings. The van der Waals surface area contributed by atoms with Crippen LogP contribution in [0.5, 0.6) is 0 Å². The van der Waals surface area contributed by atoms with Crippen molar-refractivity contribution in [2.45, 2.75) is 32.3 Å². The topological polar surface area (TPSA) is 19.9 Å². The molecular formula is C11H15O. The molecule has 12 heavy (non-hydrogen) atoms. The quantitative estimate of drug-likeness (QED) is 0.652. The molecule has 1 nitrogen and oxygen atoms in total. The highest BCUT2D eigenvalue weighted by Crippen LogP contribution is 2.28. The zero-order valence-electron chi connectivity index (χ0n) is 7.71. The van der Waals surface area contributed by atoms with E-state index < -0.39 is 5.60 Å². The fraction of sp³-hybridized carbons (Fsp3) is 0.455. The van der Waals surface area contributed by atoms with Gasteiger partial charge in [0.2, 0.25) is 0 Å². The Morgan fingerprint density at radius 1 is 1.08 bits per heavy atom. The van der Waals surface area contributed by atoms with Crippen LogP contribution >= 0.6 is 0 Å². The van der Waals surface area contributed by atoms with E-state index in [4.69, 9.17) is 0 Å². The first kappa shape index (κ1) is 9.27. The summed E-state index contributed by atoms with van der Waals surface area (Å²) in [4.78, 5) is 0. The second-order valence-corrected chi connectivity index (χ2v) is 3.07. The van der Waals surface area contributed by atoms with Crippen LogP contribution in [-0.4, -0.2) is 0 Å². The van der Waals surface area contributed by atoms with Crippen LogP contribution in [0.25, 0.3) is 0 Å². The molecule has 0 aromatic heterocycles. The zero-order valence-corrected chi connectivity index (χ0v) is 7.71. The van der Waals surface area contributed by atoms with Crippen molar-refractivity contribution >= 4 is 0 Å². The van der Waals surface area contributed by atoms with Crippen LogP contribution in [0.2, 0.25) is 0 Å². The molecule has 0 unspecified atom stereocenters. The Kier molecular flexibility index (Phi) is 2.88. The molecule has 1 aromatic carbocycles. The summed E-state index contributed by atoms with van der Waals surface area (Å²) < 4.78 is 0. The molecule has 0 aliphatic carbocycles. The Hall–Kier alpha value is -0.820. The Morgan fingerprint density at radius 3 is 2.00 bits per heavy atom. The number of hydrogen-bond donors (Lipinski definition) is 0. The van der Waals surface area contributed by atoms with E-state index in [-0.39, 0.29) is 0 Å². The summed E-state index contributed by atoms with van der Waals surface area (Å²) in [5.41, 5.74) is 0.0383. The number of benzene rings is 1. The summed E-state index contributed by atoms with van der Waals surface area (Å²) in [6.07, 6.45) is 1.32. The molecule has 1 rings (SSSR count). The van der Waals surface area contributed by atoms with Crippen molar-refractivity contribution in [3.8, 4) is 0 Å². The van der Waals surface area contributed by atoms with Crippen LogP contribution in [0, 0.1) is 0 Å². The van der Waals surface area contributed by atoms with E-state index in [2.05, 4.69) is 0 Å². The summed E-state index contributed by atoms with van der Waals surface area (Å²) in [6, 6.07) is 9.62. The van der Waals surface area contributed by atoms with Crippen LogP contribution in [0.1, 0.15) is 32.3 Å². The second-order valence-electron chi connectivity index (χ2n) is 3.07. The standard InChI is InChI=1S/C11H15O/c1-3-11(12,4-2)10-8-6-5-7-9-10/h5-9H,3-4H2,1-2H3. The van der Waals surface area contributed by atoms with Crippen LogP contribution in [-0.2, 0) is 10.7 Å². The Bertz CT molecular complexity index is 224. The molecule has 0 aliphatic heterocycles. The second kappa shape index (κ2) is 3.72. The lowest BCUT2D eigenvalue weighted by Crippen LogP contribution is -2.21. The molecule has 0 saturated heterocycles. The fourth-order valence-corrected chi connectivity index (χ4v) is 1.40. The van der Waals surface area contributed by atoms with Gasteiger partial charge in [-0.2, -0.15) is 0 Å². The molecular weight excluding hydrogens is 148 g/mol. The summed E-state index contributed by atoms with van der Waals surface area (Å²) in [5, 5.41) is 12.0. The van der Waals surface area contributed by atoms with E-state index in [1.54, 1.807) is 0 Å². The molecule has 0 N–H and O–H groups in total. The third-order valence-electron chi connectivity index (χ3n) is 2.44. The molecule has 0 bridgehead atoms. The molecule has 0 spiro atoms. The minimum Gasteiger partial charge on any atom is -0.224 e. The summed E-state index contributed by atoms with van der Waals surface area (Å²) in [7, 11) is 0. The van der Waals surface area contributed by atoms with Gasteiger partial charge in [0.15, 0.2) is 0 Å². The zero-order chi connectivity index (χ0) is 9.03. The van der Waals surface area contributed by atoms with Crippen molar-refractivity contribution in [1.29, 1.82) is 0 Å². The molecule has 0 heterocycles. The highest BCUT2D eigenvalue weighted by Gasteiger charge is 2.26.